The van der Waals surface area contributed by atoms with Crippen molar-refractivity contribution in [2.45, 2.75) is 11.7 Å². The molecule has 0 spiro atoms. The molecule has 16 heavy (non-hydrogen) atoms. The molecular weight excluding hydrogens is 240 g/mol. The van der Waals surface area contributed by atoms with E-state index >= 15 is 0 Å². The summed E-state index contributed by atoms with van der Waals surface area (Å²) in [5, 5.41) is 0.349. The van der Waals surface area contributed by atoms with Crippen LogP contribution in [0.2, 0.25) is 0 Å². The molecule has 2 heterocycles. The highest BCUT2D eigenvalue weighted by Gasteiger charge is 2.14. The van der Waals surface area contributed by atoms with Gasteiger partial charge in [0.1, 0.15) is 0 Å². The minimum absolute atomic E-state index is 0.349. The van der Waals surface area contributed by atoms with Crippen molar-refractivity contribution < 1.29 is 9.59 Å². The molecule has 0 aromatic carbocycles. The largest absolute Gasteiger partial charge is 0.297 e. The van der Waals surface area contributed by atoms with E-state index in [0.29, 0.717) is 5.25 Å². The van der Waals surface area contributed by atoms with Crippen LogP contribution < -0.4 is 0 Å². The Balaban J connectivity index is 1.95. The highest BCUT2D eigenvalue weighted by molar-refractivity contribution is 8.04. The van der Waals surface area contributed by atoms with Crippen molar-refractivity contribution >= 4 is 41.7 Å². The second kappa shape index (κ2) is 5.27. The number of allylic oxidation sites excluding steroid dienone is 2. The lowest BCUT2D eigenvalue weighted by Crippen LogP contribution is -1.89. The molecule has 0 amide bonds. The average Bonchev–Trinajstić information content (AvgIpc) is 2.95. The molecule has 0 radical (unpaired) electrons. The van der Waals surface area contributed by atoms with Gasteiger partial charge in [0.05, 0.1) is 4.88 Å². The van der Waals surface area contributed by atoms with Crippen LogP contribution in [-0.4, -0.2) is 17.8 Å². The van der Waals surface area contributed by atoms with E-state index in [1.54, 1.807) is 11.8 Å². The Morgan fingerprint density at radius 1 is 1.19 bits per heavy atom. The van der Waals surface area contributed by atoms with Crippen LogP contribution in [0.25, 0.3) is 6.08 Å². The minimum Gasteiger partial charge on any atom is -0.297 e. The van der Waals surface area contributed by atoms with E-state index in [-0.39, 0.29) is 0 Å². The van der Waals surface area contributed by atoms with Gasteiger partial charge in [-0.15, -0.1) is 23.1 Å². The lowest BCUT2D eigenvalue weighted by atomic mass is 10.2. The first-order valence-corrected chi connectivity index (χ1v) is 6.56. The molecule has 0 N–H and O–H groups in total. The maximum absolute atomic E-state index is 10.5. The second-order valence-electron chi connectivity index (χ2n) is 3.33. The zero-order valence-electron chi connectivity index (χ0n) is 8.46. The van der Waals surface area contributed by atoms with Gasteiger partial charge >= 0.3 is 0 Å². The Morgan fingerprint density at radius 2 is 2.00 bits per heavy atom. The van der Waals surface area contributed by atoms with E-state index in [1.165, 1.54) is 11.3 Å². The first-order chi connectivity index (χ1) is 7.81. The monoisotopic (exact) mass is 250 g/mol. The summed E-state index contributed by atoms with van der Waals surface area (Å²) < 4.78 is 0. The van der Waals surface area contributed by atoms with Gasteiger partial charge in [-0.3, -0.25) is 9.59 Å². The Hall–Kier alpha value is -1.13. The van der Waals surface area contributed by atoms with Gasteiger partial charge in [-0.1, -0.05) is 12.2 Å². The Morgan fingerprint density at radius 3 is 2.62 bits per heavy atom. The topological polar surface area (TPSA) is 34.1 Å². The maximum atomic E-state index is 10.5. The van der Waals surface area contributed by atoms with Gasteiger partial charge < -0.3 is 0 Å². The van der Waals surface area contributed by atoms with Gasteiger partial charge in [-0.2, -0.15) is 0 Å². The van der Waals surface area contributed by atoms with Crippen LogP contribution in [0.4, 0.5) is 0 Å². The van der Waals surface area contributed by atoms with Crippen molar-refractivity contribution in [1.82, 2.24) is 0 Å². The number of thioether (sulfide) groups is 1. The summed E-state index contributed by atoms with van der Waals surface area (Å²) in [5.41, 5.74) is 0. The van der Waals surface area contributed by atoms with Crippen LogP contribution in [-0.2, 0) is 4.79 Å². The first-order valence-electron chi connectivity index (χ1n) is 4.87. The third-order valence-electron chi connectivity index (χ3n) is 2.19. The minimum atomic E-state index is 0.349. The molecule has 1 aromatic rings. The van der Waals surface area contributed by atoms with Crippen LogP contribution >= 0.6 is 23.1 Å². The number of aldehydes is 2. The molecule has 1 aliphatic rings. The van der Waals surface area contributed by atoms with Crippen molar-refractivity contribution in [3.05, 3.63) is 38.9 Å². The Labute approximate surface area is 102 Å². The number of thiophene rings is 1. The summed E-state index contributed by atoms with van der Waals surface area (Å²) in [6.45, 7) is 0. The van der Waals surface area contributed by atoms with E-state index in [0.717, 1.165) is 33.7 Å². The fourth-order valence-corrected chi connectivity index (χ4v) is 3.11. The van der Waals surface area contributed by atoms with E-state index < -0.39 is 0 Å². The molecule has 1 unspecified atom stereocenters. The van der Waals surface area contributed by atoms with Crippen molar-refractivity contribution in [3.8, 4) is 0 Å². The summed E-state index contributed by atoms with van der Waals surface area (Å²) >= 11 is 3.06. The Bertz CT molecular complexity index is 457. The molecule has 2 nitrogen and oxygen atoms in total. The smallest absolute Gasteiger partial charge is 0.160 e. The van der Waals surface area contributed by atoms with Crippen LogP contribution in [0.15, 0.2) is 29.2 Å². The van der Waals surface area contributed by atoms with E-state index in [1.807, 2.05) is 24.3 Å². The van der Waals surface area contributed by atoms with Crippen LogP contribution in [0.5, 0.6) is 0 Å². The van der Waals surface area contributed by atoms with Gasteiger partial charge in [-0.25, -0.2) is 0 Å². The number of carbonyl (C=O) groups excluding carboxylic acids is 2. The van der Waals surface area contributed by atoms with E-state index in [9.17, 15) is 9.59 Å². The number of hydrogen-bond donors (Lipinski definition) is 0. The van der Waals surface area contributed by atoms with Crippen molar-refractivity contribution in [2.75, 3.05) is 0 Å². The maximum Gasteiger partial charge on any atom is 0.160 e. The molecule has 0 saturated carbocycles. The van der Waals surface area contributed by atoms with Gasteiger partial charge in [0.25, 0.3) is 0 Å². The molecule has 0 aliphatic carbocycles. The molecule has 4 heteroatoms. The third kappa shape index (κ3) is 2.71. The molecule has 1 aromatic heterocycles. The molecule has 1 atom stereocenters. The predicted molar refractivity (Wildman–Crippen MR) is 68.9 cm³/mol. The normalized spacial score (nSPS) is 20.0. The van der Waals surface area contributed by atoms with Crippen molar-refractivity contribution in [1.29, 1.82) is 0 Å². The molecule has 2 rings (SSSR count). The Kier molecular flexibility index (Phi) is 3.74. The van der Waals surface area contributed by atoms with Gasteiger partial charge in [0.15, 0.2) is 12.6 Å². The number of hydrogen-bond acceptors (Lipinski definition) is 4. The SMILES string of the molecule is O=CC1=CCC(/C=C/c2ccc(C=O)s2)S1. The molecule has 0 saturated heterocycles. The lowest BCUT2D eigenvalue weighted by molar-refractivity contribution is -0.104. The number of carbonyl (C=O) groups is 2. The molecular formula is C12H10O2S2. The van der Waals surface area contributed by atoms with Gasteiger partial charge in [-0.05, 0) is 24.6 Å². The van der Waals surface area contributed by atoms with Gasteiger partial charge in [0.2, 0.25) is 0 Å². The zero-order valence-corrected chi connectivity index (χ0v) is 10.1. The average molecular weight is 250 g/mol. The molecule has 1 aliphatic heterocycles. The van der Waals surface area contributed by atoms with E-state index in [2.05, 4.69) is 6.08 Å². The summed E-state index contributed by atoms with van der Waals surface area (Å²) in [7, 11) is 0. The highest BCUT2D eigenvalue weighted by atomic mass is 32.2. The molecule has 0 bridgehead atoms. The quantitative estimate of drug-likeness (QED) is 0.770. The highest BCUT2D eigenvalue weighted by Crippen LogP contribution is 2.32. The summed E-state index contributed by atoms with van der Waals surface area (Å²) in [5.74, 6) is 0. The van der Waals surface area contributed by atoms with Gasteiger partial charge in [0, 0.05) is 15.0 Å². The molecule has 0 fully saturated rings. The summed E-state index contributed by atoms with van der Waals surface area (Å²) in [4.78, 5) is 23.6. The summed E-state index contributed by atoms with van der Waals surface area (Å²) in [6.07, 6.45) is 8.71. The fourth-order valence-electron chi connectivity index (χ4n) is 1.42. The standard InChI is InChI=1S/C12H10O2S2/c13-7-11-5-3-9(15-11)1-2-10-4-6-12(8-14)16-10/h1-3,5-8,10H,4H2/b2-1+. The van der Waals surface area contributed by atoms with Crippen LogP contribution in [0.3, 0.4) is 0 Å². The third-order valence-corrected chi connectivity index (χ3v) is 4.36. The van der Waals surface area contributed by atoms with Crippen molar-refractivity contribution in [2.24, 2.45) is 0 Å². The lowest BCUT2D eigenvalue weighted by Gasteiger charge is -1.99. The summed E-state index contributed by atoms with van der Waals surface area (Å²) in [6, 6.07) is 3.74. The second-order valence-corrected chi connectivity index (χ2v) is 5.79. The predicted octanol–water partition coefficient (Wildman–Crippen LogP) is 3.16. The van der Waals surface area contributed by atoms with Crippen LogP contribution in [0.1, 0.15) is 21.0 Å². The molecule has 82 valence electrons. The fraction of sp³-hybridized carbons (Fsp3) is 0.167. The number of rotatable bonds is 4. The first kappa shape index (κ1) is 11.4. The van der Waals surface area contributed by atoms with E-state index in [4.69, 9.17) is 0 Å². The zero-order chi connectivity index (χ0) is 11.4. The van der Waals surface area contributed by atoms with Crippen molar-refractivity contribution in [3.63, 3.8) is 0 Å². The van der Waals surface area contributed by atoms with Crippen LogP contribution in [0, 0.1) is 0 Å².